The Labute approximate surface area is 213 Å². The molecule has 0 N–H and O–H groups in total. The first-order valence-electron chi connectivity index (χ1n) is 11.1. The molecule has 3 aliphatic carbocycles. The van der Waals surface area contributed by atoms with Crippen molar-refractivity contribution in [2.75, 3.05) is 11.5 Å². The molecule has 0 saturated carbocycles. The zero-order chi connectivity index (χ0) is 23.8. The molecule has 34 heavy (non-hydrogen) atoms. The molecule has 0 unspecified atom stereocenters. The first-order chi connectivity index (χ1) is 16.3. The molecule has 0 aromatic heterocycles. The van der Waals surface area contributed by atoms with E-state index in [1.54, 1.807) is 31.2 Å². The summed E-state index contributed by atoms with van der Waals surface area (Å²) in [6, 6.07) is 22.4. The van der Waals surface area contributed by atoms with Gasteiger partial charge in [-0.05, 0) is 47.4 Å². The molecule has 2 bridgehead atoms. The highest BCUT2D eigenvalue weighted by atomic mass is 79.9. The zero-order valence-electron chi connectivity index (χ0n) is 18.1. The van der Waals surface area contributed by atoms with Crippen molar-refractivity contribution < 1.29 is 19.1 Å². The molecular weight excluding hydrogens is 562 g/mol. The quantitative estimate of drug-likeness (QED) is 0.240. The lowest BCUT2D eigenvalue weighted by Crippen LogP contribution is -2.56. The summed E-state index contributed by atoms with van der Waals surface area (Å²) in [6.07, 6.45) is 0. The normalized spacial score (nSPS) is 28.4. The number of ether oxygens (including phenoxy) is 1. The standard InChI is InChI=1S/C27H19Br2NO4/c1-2-34-25(33)15-8-7-9-16(14-15)30-23(31)21-22(24(30)32)27(29)18-11-4-3-10-17(18)26(21,28)19-12-5-6-13-20(19)27/h3-14,21-22H,2H2,1H3/t21-,22+,26?,27?. The highest BCUT2D eigenvalue weighted by molar-refractivity contribution is 9.10. The maximum absolute atomic E-state index is 14.1. The highest BCUT2D eigenvalue weighted by Crippen LogP contribution is 2.70. The Kier molecular flexibility index (Phi) is 4.71. The van der Waals surface area contributed by atoms with Crippen LogP contribution in [-0.2, 0) is 23.0 Å². The van der Waals surface area contributed by atoms with E-state index in [0.29, 0.717) is 11.3 Å². The van der Waals surface area contributed by atoms with Gasteiger partial charge in [0.25, 0.3) is 0 Å². The number of carbonyl (C=O) groups is 3. The number of hydrogen-bond donors (Lipinski definition) is 0. The van der Waals surface area contributed by atoms with E-state index in [2.05, 4.69) is 31.9 Å². The molecule has 2 atom stereocenters. The molecule has 2 amide bonds. The third-order valence-electron chi connectivity index (χ3n) is 7.20. The number of esters is 1. The van der Waals surface area contributed by atoms with Gasteiger partial charge in [-0.15, -0.1) is 0 Å². The lowest BCUT2D eigenvalue weighted by molar-refractivity contribution is -0.122. The maximum Gasteiger partial charge on any atom is 0.338 e. The fraction of sp³-hybridized carbons (Fsp3) is 0.222. The molecule has 1 fully saturated rings. The van der Waals surface area contributed by atoms with Crippen LogP contribution in [0.4, 0.5) is 5.69 Å². The highest BCUT2D eigenvalue weighted by Gasteiger charge is 2.72. The molecule has 1 saturated heterocycles. The van der Waals surface area contributed by atoms with Crippen LogP contribution in [-0.4, -0.2) is 24.4 Å². The first-order valence-corrected chi connectivity index (χ1v) is 12.7. The minimum absolute atomic E-state index is 0.240. The molecule has 1 aliphatic heterocycles. The number of imide groups is 1. The number of anilines is 1. The summed E-state index contributed by atoms with van der Waals surface area (Å²) < 4.78 is 3.42. The topological polar surface area (TPSA) is 63.7 Å². The minimum Gasteiger partial charge on any atom is -0.462 e. The van der Waals surface area contributed by atoms with Crippen molar-refractivity contribution >= 4 is 55.3 Å². The third-order valence-corrected chi connectivity index (χ3v) is 9.90. The molecule has 170 valence electrons. The smallest absolute Gasteiger partial charge is 0.338 e. The van der Waals surface area contributed by atoms with Gasteiger partial charge in [0.1, 0.15) is 0 Å². The van der Waals surface area contributed by atoms with Gasteiger partial charge in [-0.3, -0.25) is 9.59 Å². The van der Waals surface area contributed by atoms with Crippen LogP contribution in [0.15, 0.2) is 72.8 Å². The van der Waals surface area contributed by atoms with E-state index < -0.39 is 26.5 Å². The van der Waals surface area contributed by atoms with Crippen LogP contribution in [0.3, 0.4) is 0 Å². The summed E-state index contributed by atoms with van der Waals surface area (Å²) >= 11 is 7.99. The van der Waals surface area contributed by atoms with Crippen LogP contribution in [0.2, 0.25) is 0 Å². The second-order valence-electron chi connectivity index (χ2n) is 8.75. The largest absolute Gasteiger partial charge is 0.462 e. The van der Waals surface area contributed by atoms with Gasteiger partial charge in [-0.1, -0.05) is 86.5 Å². The molecule has 3 aromatic rings. The van der Waals surface area contributed by atoms with E-state index in [0.717, 1.165) is 22.3 Å². The van der Waals surface area contributed by atoms with Gasteiger partial charge in [-0.25, -0.2) is 9.69 Å². The van der Waals surface area contributed by atoms with Crippen LogP contribution in [0.1, 0.15) is 39.5 Å². The predicted molar refractivity (Wildman–Crippen MR) is 134 cm³/mol. The summed E-state index contributed by atoms with van der Waals surface area (Å²) in [5.41, 5.74) is 4.59. The summed E-state index contributed by atoms with van der Waals surface area (Å²) in [4.78, 5) is 41.7. The van der Waals surface area contributed by atoms with Crippen LogP contribution in [0, 0.1) is 11.8 Å². The van der Waals surface area contributed by atoms with Gasteiger partial charge < -0.3 is 4.74 Å². The van der Waals surface area contributed by atoms with E-state index in [1.807, 2.05) is 48.5 Å². The Morgan fingerprint density at radius 1 is 0.824 bits per heavy atom. The van der Waals surface area contributed by atoms with Crippen LogP contribution >= 0.6 is 31.9 Å². The molecule has 7 rings (SSSR count). The lowest BCUT2D eigenvalue weighted by atomic mass is 9.54. The molecule has 5 nitrogen and oxygen atoms in total. The van der Waals surface area contributed by atoms with Crippen molar-refractivity contribution in [2.45, 2.75) is 15.6 Å². The van der Waals surface area contributed by atoms with Crippen LogP contribution in [0.5, 0.6) is 0 Å². The molecule has 3 aromatic carbocycles. The Morgan fingerprint density at radius 3 is 1.74 bits per heavy atom. The maximum atomic E-state index is 14.1. The van der Waals surface area contributed by atoms with E-state index in [9.17, 15) is 14.4 Å². The predicted octanol–water partition coefficient (Wildman–Crippen LogP) is 5.27. The first kappa shape index (κ1) is 21.7. The summed E-state index contributed by atoms with van der Waals surface area (Å²) in [5, 5.41) is 0. The van der Waals surface area contributed by atoms with E-state index >= 15 is 0 Å². The monoisotopic (exact) mass is 579 g/mol. The number of benzene rings is 3. The number of halogens is 2. The van der Waals surface area contributed by atoms with E-state index in [-0.39, 0.29) is 18.4 Å². The Morgan fingerprint density at radius 2 is 1.29 bits per heavy atom. The van der Waals surface area contributed by atoms with Crippen molar-refractivity contribution in [3.05, 3.63) is 101 Å². The molecular formula is C27H19Br2NO4. The Hall–Kier alpha value is -2.77. The van der Waals surface area contributed by atoms with Crippen molar-refractivity contribution in [3.8, 4) is 0 Å². The molecule has 1 heterocycles. The third kappa shape index (κ3) is 2.52. The summed E-state index contributed by atoms with van der Waals surface area (Å²) in [7, 11) is 0. The Bertz CT molecular complexity index is 1280. The fourth-order valence-corrected chi connectivity index (χ4v) is 8.21. The minimum atomic E-state index is -0.847. The average Bonchev–Trinajstić information content (AvgIpc) is 3.14. The number of rotatable bonds is 3. The number of nitrogens with zero attached hydrogens (tertiary/aromatic N) is 1. The Balaban J connectivity index is 1.56. The van der Waals surface area contributed by atoms with Crippen molar-refractivity contribution in [2.24, 2.45) is 11.8 Å². The van der Waals surface area contributed by atoms with Crippen molar-refractivity contribution in [1.29, 1.82) is 0 Å². The summed E-state index contributed by atoms with van der Waals surface area (Å²) in [5.74, 6) is -2.39. The van der Waals surface area contributed by atoms with Gasteiger partial charge in [0.15, 0.2) is 0 Å². The molecule has 0 radical (unpaired) electrons. The van der Waals surface area contributed by atoms with Gasteiger partial charge in [0.2, 0.25) is 11.8 Å². The SMILES string of the molecule is CCOC(=O)c1cccc(N2C(=O)[C@@H]3[C@H](C2=O)C2(Br)c4ccccc4C3(Br)c3ccccc32)c1. The zero-order valence-corrected chi connectivity index (χ0v) is 21.3. The van der Waals surface area contributed by atoms with Crippen LogP contribution in [0.25, 0.3) is 0 Å². The number of amides is 2. The van der Waals surface area contributed by atoms with Gasteiger partial charge in [0, 0.05) is 0 Å². The number of carbonyl (C=O) groups excluding carboxylic acids is 3. The average molecular weight is 581 g/mol. The summed E-state index contributed by atoms with van der Waals surface area (Å²) in [6.45, 7) is 1.97. The number of alkyl halides is 2. The second kappa shape index (κ2) is 7.36. The van der Waals surface area contributed by atoms with Gasteiger partial charge >= 0.3 is 5.97 Å². The van der Waals surface area contributed by atoms with Crippen molar-refractivity contribution in [3.63, 3.8) is 0 Å². The van der Waals surface area contributed by atoms with E-state index in [4.69, 9.17) is 4.74 Å². The van der Waals surface area contributed by atoms with Crippen LogP contribution < -0.4 is 4.90 Å². The van der Waals surface area contributed by atoms with E-state index in [1.165, 1.54) is 4.90 Å². The second-order valence-corrected chi connectivity index (χ2v) is 11.3. The number of hydrogen-bond acceptors (Lipinski definition) is 4. The fourth-order valence-electron chi connectivity index (χ4n) is 5.91. The molecule has 0 spiro atoms. The molecule has 7 heteroatoms. The van der Waals surface area contributed by atoms with Gasteiger partial charge in [0.05, 0.1) is 38.3 Å². The molecule has 4 aliphatic rings. The van der Waals surface area contributed by atoms with Crippen molar-refractivity contribution in [1.82, 2.24) is 0 Å². The lowest BCUT2D eigenvalue weighted by Gasteiger charge is -2.55. The van der Waals surface area contributed by atoms with Gasteiger partial charge in [-0.2, -0.15) is 0 Å².